The standard InChI is InChI=1S/C17H17N3O/c1-21-15-6-2-12(3-7-15)16-11-20-9-8-14(10-17(20)19-16)18-13-4-5-13/h2-3,6-11,13,18H,4-5H2,1H3. The molecule has 1 saturated carbocycles. The van der Waals surface area contributed by atoms with Crippen molar-refractivity contribution in [3.05, 3.63) is 48.8 Å². The Morgan fingerprint density at radius 1 is 1.19 bits per heavy atom. The van der Waals surface area contributed by atoms with Gasteiger partial charge in [0.25, 0.3) is 0 Å². The second kappa shape index (κ2) is 4.81. The molecule has 1 aliphatic rings. The predicted molar refractivity (Wildman–Crippen MR) is 83.8 cm³/mol. The summed E-state index contributed by atoms with van der Waals surface area (Å²) in [7, 11) is 1.67. The smallest absolute Gasteiger partial charge is 0.139 e. The molecule has 0 aliphatic heterocycles. The van der Waals surface area contributed by atoms with Gasteiger partial charge in [-0.1, -0.05) is 0 Å². The number of hydrogen-bond acceptors (Lipinski definition) is 3. The van der Waals surface area contributed by atoms with Gasteiger partial charge in [-0.25, -0.2) is 4.98 Å². The van der Waals surface area contributed by atoms with E-state index < -0.39 is 0 Å². The second-order valence-electron chi connectivity index (χ2n) is 5.45. The average Bonchev–Trinajstić information content (AvgIpc) is 3.23. The fourth-order valence-corrected chi connectivity index (χ4v) is 2.44. The van der Waals surface area contributed by atoms with Crippen LogP contribution in [-0.4, -0.2) is 22.5 Å². The first-order chi connectivity index (χ1) is 10.3. The van der Waals surface area contributed by atoms with Crippen LogP contribution in [0.15, 0.2) is 48.8 Å². The van der Waals surface area contributed by atoms with Crippen LogP contribution in [0.1, 0.15) is 12.8 Å². The maximum absolute atomic E-state index is 5.19. The highest BCUT2D eigenvalue weighted by molar-refractivity contribution is 5.65. The molecule has 2 aromatic heterocycles. The number of aromatic nitrogens is 2. The molecule has 0 radical (unpaired) electrons. The minimum atomic E-state index is 0.656. The minimum Gasteiger partial charge on any atom is -0.497 e. The summed E-state index contributed by atoms with van der Waals surface area (Å²) in [6, 6.07) is 12.8. The molecule has 21 heavy (non-hydrogen) atoms. The zero-order valence-electron chi connectivity index (χ0n) is 11.9. The molecule has 1 N–H and O–H groups in total. The Balaban J connectivity index is 1.68. The van der Waals surface area contributed by atoms with Gasteiger partial charge in [-0.3, -0.25) is 0 Å². The number of imidazole rings is 1. The Morgan fingerprint density at radius 2 is 2.00 bits per heavy atom. The van der Waals surface area contributed by atoms with Crippen molar-refractivity contribution in [3.8, 4) is 17.0 Å². The Labute approximate surface area is 123 Å². The van der Waals surface area contributed by atoms with E-state index >= 15 is 0 Å². The zero-order valence-corrected chi connectivity index (χ0v) is 11.9. The van der Waals surface area contributed by atoms with Gasteiger partial charge in [0.2, 0.25) is 0 Å². The summed E-state index contributed by atoms with van der Waals surface area (Å²) in [5.41, 5.74) is 4.18. The minimum absolute atomic E-state index is 0.656. The summed E-state index contributed by atoms with van der Waals surface area (Å²) in [5, 5.41) is 3.50. The van der Waals surface area contributed by atoms with Gasteiger partial charge in [0.1, 0.15) is 11.4 Å². The topological polar surface area (TPSA) is 38.6 Å². The number of anilines is 1. The fraction of sp³-hybridized carbons (Fsp3) is 0.235. The van der Waals surface area contributed by atoms with Crippen LogP contribution in [0.5, 0.6) is 5.75 Å². The zero-order chi connectivity index (χ0) is 14.2. The molecule has 4 rings (SSSR count). The summed E-state index contributed by atoms with van der Waals surface area (Å²) in [5.74, 6) is 0.860. The van der Waals surface area contributed by atoms with Crippen LogP contribution < -0.4 is 10.1 Å². The molecule has 0 amide bonds. The highest BCUT2D eigenvalue weighted by Crippen LogP contribution is 2.26. The Hall–Kier alpha value is -2.49. The predicted octanol–water partition coefficient (Wildman–Crippen LogP) is 3.58. The monoisotopic (exact) mass is 279 g/mol. The Kier molecular flexibility index (Phi) is 2.81. The molecule has 4 heteroatoms. The lowest BCUT2D eigenvalue weighted by Gasteiger charge is -2.03. The SMILES string of the molecule is COc1ccc(-c2cn3ccc(NC4CC4)cc3n2)cc1. The molecule has 1 fully saturated rings. The summed E-state index contributed by atoms with van der Waals surface area (Å²) in [4.78, 5) is 4.71. The lowest BCUT2D eigenvalue weighted by atomic mass is 10.2. The van der Waals surface area contributed by atoms with E-state index in [4.69, 9.17) is 9.72 Å². The molecule has 2 heterocycles. The van der Waals surface area contributed by atoms with Gasteiger partial charge in [0.15, 0.2) is 0 Å². The number of pyridine rings is 1. The van der Waals surface area contributed by atoms with E-state index in [0.717, 1.165) is 28.3 Å². The molecule has 1 aliphatic carbocycles. The molecule has 0 spiro atoms. The van der Waals surface area contributed by atoms with Gasteiger partial charge >= 0.3 is 0 Å². The van der Waals surface area contributed by atoms with E-state index in [1.165, 1.54) is 12.8 Å². The van der Waals surface area contributed by atoms with Crippen molar-refractivity contribution in [1.82, 2.24) is 9.38 Å². The van der Waals surface area contributed by atoms with E-state index in [-0.39, 0.29) is 0 Å². The molecular formula is C17H17N3O. The molecule has 0 saturated heterocycles. The number of hydrogen-bond donors (Lipinski definition) is 1. The van der Waals surface area contributed by atoms with Crippen molar-refractivity contribution in [2.75, 3.05) is 12.4 Å². The fourth-order valence-electron chi connectivity index (χ4n) is 2.44. The van der Waals surface area contributed by atoms with Gasteiger partial charge in [0, 0.05) is 35.8 Å². The van der Waals surface area contributed by atoms with Gasteiger partial charge in [-0.05, 0) is 43.2 Å². The number of benzene rings is 1. The van der Waals surface area contributed by atoms with Crippen molar-refractivity contribution in [2.24, 2.45) is 0 Å². The normalized spacial score (nSPS) is 14.3. The van der Waals surface area contributed by atoms with E-state index in [0.29, 0.717) is 6.04 Å². The van der Waals surface area contributed by atoms with Gasteiger partial charge in [0.05, 0.1) is 12.8 Å². The second-order valence-corrected chi connectivity index (χ2v) is 5.45. The van der Waals surface area contributed by atoms with E-state index in [2.05, 4.69) is 34.2 Å². The van der Waals surface area contributed by atoms with Crippen LogP contribution in [0.4, 0.5) is 5.69 Å². The van der Waals surface area contributed by atoms with Crippen molar-refractivity contribution in [2.45, 2.75) is 18.9 Å². The molecule has 1 aromatic carbocycles. The maximum atomic E-state index is 5.19. The Bertz CT molecular complexity index is 772. The van der Waals surface area contributed by atoms with Gasteiger partial charge in [-0.15, -0.1) is 0 Å². The van der Waals surface area contributed by atoms with Gasteiger partial charge in [-0.2, -0.15) is 0 Å². The largest absolute Gasteiger partial charge is 0.497 e. The third-order valence-electron chi connectivity index (χ3n) is 3.79. The molecule has 0 unspecified atom stereocenters. The van der Waals surface area contributed by atoms with E-state index in [1.807, 2.05) is 24.3 Å². The van der Waals surface area contributed by atoms with Crippen molar-refractivity contribution in [3.63, 3.8) is 0 Å². The van der Waals surface area contributed by atoms with E-state index in [1.54, 1.807) is 7.11 Å². The summed E-state index contributed by atoms with van der Waals surface area (Å²) >= 11 is 0. The first-order valence-corrected chi connectivity index (χ1v) is 7.21. The molecule has 0 bridgehead atoms. The highest BCUT2D eigenvalue weighted by atomic mass is 16.5. The van der Waals surface area contributed by atoms with Crippen molar-refractivity contribution < 1.29 is 4.74 Å². The number of nitrogens with zero attached hydrogens (tertiary/aromatic N) is 2. The summed E-state index contributed by atoms with van der Waals surface area (Å²) in [6.45, 7) is 0. The molecule has 3 aromatic rings. The van der Waals surface area contributed by atoms with Crippen LogP contribution in [0.3, 0.4) is 0 Å². The van der Waals surface area contributed by atoms with Crippen LogP contribution in [0.2, 0.25) is 0 Å². The van der Waals surface area contributed by atoms with Crippen LogP contribution in [0, 0.1) is 0 Å². The first-order valence-electron chi connectivity index (χ1n) is 7.21. The third-order valence-corrected chi connectivity index (χ3v) is 3.79. The number of methoxy groups -OCH3 is 1. The molecular weight excluding hydrogens is 262 g/mol. The number of nitrogens with one attached hydrogen (secondary N) is 1. The van der Waals surface area contributed by atoms with Crippen molar-refractivity contribution >= 4 is 11.3 Å². The lowest BCUT2D eigenvalue weighted by molar-refractivity contribution is 0.415. The van der Waals surface area contributed by atoms with Crippen LogP contribution in [0.25, 0.3) is 16.9 Å². The molecule has 4 nitrogen and oxygen atoms in total. The van der Waals surface area contributed by atoms with Crippen LogP contribution in [-0.2, 0) is 0 Å². The third kappa shape index (κ3) is 2.44. The maximum Gasteiger partial charge on any atom is 0.139 e. The molecule has 106 valence electrons. The first kappa shape index (κ1) is 12.3. The van der Waals surface area contributed by atoms with Crippen LogP contribution >= 0.6 is 0 Å². The summed E-state index contributed by atoms with van der Waals surface area (Å²) in [6.07, 6.45) is 6.66. The highest BCUT2D eigenvalue weighted by Gasteiger charge is 2.20. The summed E-state index contributed by atoms with van der Waals surface area (Å²) < 4.78 is 7.24. The average molecular weight is 279 g/mol. The Morgan fingerprint density at radius 3 is 2.71 bits per heavy atom. The van der Waals surface area contributed by atoms with E-state index in [9.17, 15) is 0 Å². The lowest BCUT2D eigenvalue weighted by Crippen LogP contribution is -2.00. The van der Waals surface area contributed by atoms with Gasteiger partial charge < -0.3 is 14.5 Å². The number of rotatable bonds is 4. The number of fused-ring (bicyclic) bond motifs is 1. The number of ether oxygens (including phenoxy) is 1. The molecule has 0 atom stereocenters. The quantitative estimate of drug-likeness (QED) is 0.793. The van der Waals surface area contributed by atoms with Crippen molar-refractivity contribution in [1.29, 1.82) is 0 Å².